The van der Waals surface area contributed by atoms with Gasteiger partial charge in [0.25, 0.3) is 0 Å². The number of ketones is 1. The van der Waals surface area contributed by atoms with Crippen molar-refractivity contribution in [2.45, 2.75) is 31.8 Å². The third-order valence-corrected chi connectivity index (χ3v) is 4.46. The van der Waals surface area contributed by atoms with Crippen LogP contribution in [0.5, 0.6) is 5.75 Å². The Hall–Kier alpha value is -2.88. The number of hydrogen-bond donors (Lipinski definition) is 0. The highest BCUT2D eigenvalue weighted by molar-refractivity contribution is 6.22. The number of rotatable bonds is 5. The molecule has 0 bridgehead atoms. The molecular formula is C22H22O4. The van der Waals surface area contributed by atoms with Crippen LogP contribution in [0.15, 0.2) is 54.6 Å². The summed E-state index contributed by atoms with van der Waals surface area (Å²) in [6, 6.07) is 16.8. The van der Waals surface area contributed by atoms with Crippen LogP contribution in [-0.4, -0.2) is 25.0 Å². The lowest BCUT2D eigenvalue weighted by Crippen LogP contribution is -2.30. The smallest absolute Gasteiger partial charge is 0.339 e. The zero-order chi connectivity index (χ0) is 18.4. The third-order valence-electron chi connectivity index (χ3n) is 4.46. The number of benzene rings is 2. The van der Waals surface area contributed by atoms with Crippen LogP contribution in [0.1, 0.15) is 36.8 Å². The molecule has 3 rings (SSSR count). The Morgan fingerprint density at radius 1 is 1.08 bits per heavy atom. The zero-order valence-corrected chi connectivity index (χ0v) is 14.8. The summed E-state index contributed by atoms with van der Waals surface area (Å²) < 4.78 is 10.8. The van der Waals surface area contributed by atoms with Gasteiger partial charge in [-0.05, 0) is 48.6 Å². The van der Waals surface area contributed by atoms with Crippen molar-refractivity contribution in [2.75, 3.05) is 7.11 Å². The van der Waals surface area contributed by atoms with Crippen molar-refractivity contribution >= 4 is 23.4 Å². The number of hydrogen-bond acceptors (Lipinski definition) is 4. The molecular weight excluding hydrogens is 328 g/mol. The first kappa shape index (κ1) is 17.9. The molecule has 1 aliphatic rings. The molecule has 1 unspecified atom stereocenters. The number of carbonyl (C=O) groups is 2. The fraction of sp³-hybridized carbons (Fsp3) is 0.273. The molecule has 26 heavy (non-hydrogen) atoms. The van der Waals surface area contributed by atoms with E-state index in [0.717, 1.165) is 24.0 Å². The Labute approximate surface area is 153 Å². The van der Waals surface area contributed by atoms with Crippen molar-refractivity contribution in [1.29, 1.82) is 0 Å². The van der Waals surface area contributed by atoms with E-state index in [-0.39, 0.29) is 5.78 Å². The van der Waals surface area contributed by atoms with Crippen molar-refractivity contribution in [2.24, 2.45) is 0 Å². The van der Waals surface area contributed by atoms with E-state index in [1.165, 1.54) is 0 Å². The number of carbonyl (C=O) groups excluding carboxylic acids is 2. The van der Waals surface area contributed by atoms with Gasteiger partial charge in [0.05, 0.1) is 12.7 Å². The molecule has 4 heteroatoms. The molecule has 0 heterocycles. The second kappa shape index (κ2) is 8.48. The minimum Gasteiger partial charge on any atom is -0.497 e. The summed E-state index contributed by atoms with van der Waals surface area (Å²) in [6.07, 6.45) is 4.01. The maximum absolute atomic E-state index is 12.8. The molecule has 0 aromatic heterocycles. The lowest BCUT2D eigenvalue weighted by atomic mass is 9.96. The number of Topliss-reactive ketones (excluding diaryl/α,β-unsaturated/α-hetero) is 1. The molecule has 1 aliphatic carbocycles. The van der Waals surface area contributed by atoms with Crippen LogP contribution in [-0.2, 0) is 14.3 Å². The largest absolute Gasteiger partial charge is 0.497 e. The van der Waals surface area contributed by atoms with Crippen LogP contribution in [0, 0.1) is 0 Å². The molecule has 0 spiro atoms. The van der Waals surface area contributed by atoms with Gasteiger partial charge in [-0.15, -0.1) is 0 Å². The average Bonchev–Trinajstić information content (AvgIpc) is 2.68. The highest BCUT2D eigenvalue weighted by Crippen LogP contribution is 2.25. The van der Waals surface area contributed by atoms with Gasteiger partial charge in [0, 0.05) is 6.42 Å². The summed E-state index contributed by atoms with van der Waals surface area (Å²) in [7, 11) is 1.60. The molecule has 0 amide bonds. The summed E-state index contributed by atoms with van der Waals surface area (Å²) in [5, 5.41) is 0. The predicted octanol–water partition coefficient (Wildman–Crippen LogP) is 4.29. The second-order valence-corrected chi connectivity index (χ2v) is 6.31. The van der Waals surface area contributed by atoms with Crippen molar-refractivity contribution in [1.82, 2.24) is 0 Å². The quantitative estimate of drug-likeness (QED) is 0.458. The van der Waals surface area contributed by atoms with Crippen LogP contribution < -0.4 is 4.74 Å². The normalized spacial score (nSPS) is 17.7. The minimum atomic E-state index is -0.631. The molecule has 0 aliphatic heterocycles. The topological polar surface area (TPSA) is 52.6 Å². The van der Waals surface area contributed by atoms with Gasteiger partial charge in [0.2, 0.25) is 0 Å². The van der Waals surface area contributed by atoms with Crippen LogP contribution in [0.4, 0.5) is 0 Å². The standard InChI is InChI=1S/C22H22O4/c1-25-18-11-7-8-16(14-18)15-19(17-9-3-2-4-10-17)22(24)26-21-13-6-5-12-20(21)23/h2-4,7-11,14-15,21H,5-6,12-13H2,1H3. The molecule has 134 valence electrons. The molecule has 2 aromatic carbocycles. The highest BCUT2D eigenvalue weighted by atomic mass is 16.5. The lowest BCUT2D eigenvalue weighted by Gasteiger charge is -2.21. The molecule has 1 atom stereocenters. The van der Waals surface area contributed by atoms with Crippen molar-refractivity contribution in [3.05, 3.63) is 65.7 Å². The Morgan fingerprint density at radius 2 is 1.88 bits per heavy atom. The molecule has 1 fully saturated rings. The highest BCUT2D eigenvalue weighted by Gasteiger charge is 2.27. The second-order valence-electron chi connectivity index (χ2n) is 6.31. The first-order valence-corrected chi connectivity index (χ1v) is 8.82. The fourth-order valence-corrected chi connectivity index (χ4v) is 3.04. The summed E-state index contributed by atoms with van der Waals surface area (Å²) in [6.45, 7) is 0. The van der Waals surface area contributed by atoms with E-state index in [1.807, 2.05) is 54.6 Å². The lowest BCUT2D eigenvalue weighted by molar-refractivity contribution is -0.151. The predicted molar refractivity (Wildman–Crippen MR) is 101 cm³/mol. The van der Waals surface area contributed by atoms with Crippen molar-refractivity contribution < 1.29 is 19.1 Å². The van der Waals surface area contributed by atoms with E-state index in [4.69, 9.17) is 9.47 Å². The van der Waals surface area contributed by atoms with Gasteiger partial charge in [-0.1, -0.05) is 42.5 Å². The minimum absolute atomic E-state index is 0.0124. The molecule has 0 radical (unpaired) electrons. The summed E-state index contributed by atoms with van der Waals surface area (Å²) in [5.74, 6) is 0.250. The number of methoxy groups -OCH3 is 1. The summed E-state index contributed by atoms with van der Waals surface area (Å²) in [4.78, 5) is 24.9. The molecule has 0 N–H and O–H groups in total. The Balaban J connectivity index is 1.91. The van der Waals surface area contributed by atoms with E-state index < -0.39 is 12.1 Å². The van der Waals surface area contributed by atoms with Gasteiger partial charge in [-0.2, -0.15) is 0 Å². The van der Waals surface area contributed by atoms with Crippen LogP contribution in [0.3, 0.4) is 0 Å². The summed E-state index contributed by atoms with van der Waals surface area (Å²) in [5.41, 5.74) is 2.01. The first-order chi connectivity index (χ1) is 12.7. The van der Waals surface area contributed by atoms with Crippen molar-refractivity contribution in [3.8, 4) is 5.75 Å². The molecule has 4 nitrogen and oxygen atoms in total. The van der Waals surface area contributed by atoms with E-state index in [1.54, 1.807) is 13.2 Å². The molecule has 1 saturated carbocycles. The Morgan fingerprint density at radius 3 is 2.62 bits per heavy atom. The van der Waals surface area contributed by atoms with Crippen LogP contribution in [0.25, 0.3) is 11.6 Å². The monoisotopic (exact) mass is 350 g/mol. The third kappa shape index (κ3) is 4.39. The van der Waals surface area contributed by atoms with Gasteiger partial charge in [-0.3, -0.25) is 4.79 Å². The Kier molecular flexibility index (Phi) is 5.84. The number of esters is 1. The van der Waals surface area contributed by atoms with Crippen LogP contribution >= 0.6 is 0 Å². The van der Waals surface area contributed by atoms with E-state index in [0.29, 0.717) is 24.2 Å². The molecule has 2 aromatic rings. The summed E-state index contributed by atoms with van der Waals surface area (Å²) >= 11 is 0. The maximum Gasteiger partial charge on any atom is 0.339 e. The zero-order valence-electron chi connectivity index (χ0n) is 14.8. The first-order valence-electron chi connectivity index (χ1n) is 8.82. The average molecular weight is 350 g/mol. The van der Waals surface area contributed by atoms with E-state index in [9.17, 15) is 9.59 Å². The van der Waals surface area contributed by atoms with Gasteiger partial charge in [0.1, 0.15) is 5.75 Å². The van der Waals surface area contributed by atoms with Gasteiger partial charge < -0.3 is 9.47 Å². The SMILES string of the molecule is COc1cccc(C=C(C(=O)OC2CCCCC2=O)c2ccccc2)c1. The Bertz CT molecular complexity index is 808. The van der Waals surface area contributed by atoms with Gasteiger partial charge in [0.15, 0.2) is 11.9 Å². The van der Waals surface area contributed by atoms with Gasteiger partial charge >= 0.3 is 5.97 Å². The fourth-order valence-electron chi connectivity index (χ4n) is 3.04. The molecule has 0 saturated heterocycles. The maximum atomic E-state index is 12.8. The van der Waals surface area contributed by atoms with Gasteiger partial charge in [-0.25, -0.2) is 4.79 Å². The van der Waals surface area contributed by atoms with Crippen LogP contribution in [0.2, 0.25) is 0 Å². The number of ether oxygens (including phenoxy) is 2. The van der Waals surface area contributed by atoms with Crippen molar-refractivity contribution in [3.63, 3.8) is 0 Å². The van der Waals surface area contributed by atoms with E-state index >= 15 is 0 Å². The van der Waals surface area contributed by atoms with E-state index in [2.05, 4.69) is 0 Å².